The smallest absolute Gasteiger partial charge is 0.225 e. The second-order valence-corrected chi connectivity index (χ2v) is 7.00. The van der Waals surface area contributed by atoms with Crippen LogP contribution in [0.5, 0.6) is 0 Å². The quantitative estimate of drug-likeness (QED) is 0.852. The van der Waals surface area contributed by atoms with Crippen LogP contribution >= 0.6 is 0 Å². The van der Waals surface area contributed by atoms with E-state index in [4.69, 9.17) is 0 Å². The van der Waals surface area contributed by atoms with Crippen molar-refractivity contribution in [2.75, 3.05) is 26.2 Å². The van der Waals surface area contributed by atoms with Crippen LogP contribution in [-0.2, 0) is 4.79 Å². The lowest BCUT2D eigenvalue weighted by Crippen LogP contribution is -2.49. The van der Waals surface area contributed by atoms with Gasteiger partial charge in [0.05, 0.1) is 0 Å². The summed E-state index contributed by atoms with van der Waals surface area (Å²) in [5, 5.41) is 3.81. The third-order valence-corrected chi connectivity index (χ3v) is 4.72. The molecular formula is C16H31N3O. The molecule has 2 saturated heterocycles. The Balaban J connectivity index is 1.71. The normalized spacial score (nSPS) is 25.9. The molecule has 116 valence electrons. The van der Waals surface area contributed by atoms with Crippen LogP contribution in [0.15, 0.2) is 0 Å². The number of nitrogens with one attached hydrogen (secondary N) is 1. The Bertz CT molecular complexity index is 322. The molecule has 2 aliphatic rings. The Hall–Kier alpha value is -0.610. The lowest BCUT2D eigenvalue weighted by atomic mass is 10.0. The third kappa shape index (κ3) is 3.95. The first-order valence-electron chi connectivity index (χ1n) is 8.26. The molecule has 2 heterocycles. The van der Waals surface area contributed by atoms with Crippen LogP contribution < -0.4 is 5.32 Å². The van der Waals surface area contributed by atoms with Crippen molar-refractivity contribution in [3.63, 3.8) is 0 Å². The first-order valence-corrected chi connectivity index (χ1v) is 8.26. The first-order chi connectivity index (χ1) is 9.47. The second kappa shape index (κ2) is 6.90. The summed E-state index contributed by atoms with van der Waals surface area (Å²) in [5.41, 5.74) is 0. The van der Waals surface area contributed by atoms with Crippen molar-refractivity contribution < 1.29 is 4.79 Å². The molecule has 2 fully saturated rings. The topological polar surface area (TPSA) is 35.6 Å². The number of hydrogen-bond donors (Lipinski definition) is 1. The maximum Gasteiger partial charge on any atom is 0.225 e. The molecular weight excluding hydrogens is 250 g/mol. The molecule has 0 saturated carbocycles. The van der Waals surface area contributed by atoms with Crippen molar-refractivity contribution in [1.82, 2.24) is 15.1 Å². The van der Waals surface area contributed by atoms with E-state index in [1.165, 1.54) is 19.5 Å². The zero-order valence-electron chi connectivity index (χ0n) is 13.6. The highest BCUT2D eigenvalue weighted by Gasteiger charge is 2.29. The van der Waals surface area contributed by atoms with E-state index in [-0.39, 0.29) is 5.92 Å². The molecule has 1 atom stereocenters. The standard InChI is InChI=1S/C16H31N3O/c1-12(2)16(20)18-8-5-14(6-9-18)17-15-7-10-19(11-15)13(3)4/h12-15,17H,5-11H2,1-4H3. The van der Waals surface area contributed by atoms with Crippen LogP contribution in [0.3, 0.4) is 0 Å². The van der Waals surface area contributed by atoms with Gasteiger partial charge < -0.3 is 10.2 Å². The molecule has 0 aliphatic carbocycles. The fourth-order valence-electron chi connectivity index (χ4n) is 3.36. The van der Waals surface area contributed by atoms with E-state index in [9.17, 15) is 4.79 Å². The second-order valence-electron chi connectivity index (χ2n) is 7.00. The molecule has 20 heavy (non-hydrogen) atoms. The summed E-state index contributed by atoms with van der Waals surface area (Å²) in [6, 6.07) is 1.91. The number of rotatable bonds is 4. The van der Waals surface area contributed by atoms with Crippen molar-refractivity contribution in [2.24, 2.45) is 5.92 Å². The van der Waals surface area contributed by atoms with E-state index in [0.717, 1.165) is 25.9 Å². The highest BCUT2D eigenvalue weighted by molar-refractivity contribution is 5.78. The molecule has 0 spiro atoms. The summed E-state index contributed by atoms with van der Waals surface area (Å²) < 4.78 is 0. The average molecular weight is 281 g/mol. The third-order valence-electron chi connectivity index (χ3n) is 4.72. The summed E-state index contributed by atoms with van der Waals surface area (Å²) >= 11 is 0. The van der Waals surface area contributed by atoms with Gasteiger partial charge in [0.1, 0.15) is 0 Å². The molecule has 4 nitrogen and oxygen atoms in total. The minimum absolute atomic E-state index is 0.133. The zero-order valence-corrected chi connectivity index (χ0v) is 13.6. The van der Waals surface area contributed by atoms with Gasteiger partial charge in [0.25, 0.3) is 0 Å². The number of hydrogen-bond acceptors (Lipinski definition) is 3. The monoisotopic (exact) mass is 281 g/mol. The van der Waals surface area contributed by atoms with Crippen molar-refractivity contribution in [2.45, 2.75) is 65.1 Å². The lowest BCUT2D eigenvalue weighted by molar-refractivity contribution is -0.135. The molecule has 0 aromatic carbocycles. The van der Waals surface area contributed by atoms with Crippen molar-refractivity contribution in [1.29, 1.82) is 0 Å². The van der Waals surface area contributed by atoms with Crippen molar-refractivity contribution >= 4 is 5.91 Å². The minimum atomic E-state index is 0.133. The van der Waals surface area contributed by atoms with Crippen LogP contribution in [0.4, 0.5) is 0 Å². The first kappa shape index (κ1) is 15.8. The van der Waals surface area contributed by atoms with Crippen LogP contribution in [0.25, 0.3) is 0 Å². The Kier molecular flexibility index (Phi) is 5.44. The van der Waals surface area contributed by atoms with Gasteiger partial charge in [-0.25, -0.2) is 0 Å². The van der Waals surface area contributed by atoms with Crippen molar-refractivity contribution in [3.8, 4) is 0 Å². The Morgan fingerprint density at radius 1 is 1.00 bits per heavy atom. The summed E-state index contributed by atoms with van der Waals surface area (Å²) in [7, 11) is 0. The summed E-state index contributed by atoms with van der Waals surface area (Å²) in [6.07, 6.45) is 3.48. The number of carbonyl (C=O) groups is 1. The summed E-state index contributed by atoms with van der Waals surface area (Å²) in [4.78, 5) is 16.6. The highest BCUT2D eigenvalue weighted by Crippen LogP contribution is 2.17. The average Bonchev–Trinajstić information content (AvgIpc) is 2.87. The molecule has 2 rings (SSSR count). The van der Waals surface area contributed by atoms with Crippen LogP contribution in [-0.4, -0.2) is 60.0 Å². The Labute approximate surface area is 123 Å². The molecule has 0 bridgehead atoms. The number of carbonyl (C=O) groups excluding carboxylic acids is 1. The van der Waals surface area contributed by atoms with E-state index < -0.39 is 0 Å². The highest BCUT2D eigenvalue weighted by atomic mass is 16.2. The maximum atomic E-state index is 12.0. The van der Waals surface area contributed by atoms with Gasteiger partial charge in [-0.3, -0.25) is 9.69 Å². The predicted molar refractivity (Wildman–Crippen MR) is 82.7 cm³/mol. The van der Waals surface area contributed by atoms with Gasteiger partial charge in [0.15, 0.2) is 0 Å². The fourth-order valence-corrected chi connectivity index (χ4v) is 3.36. The maximum absolute atomic E-state index is 12.0. The van der Waals surface area contributed by atoms with E-state index in [2.05, 4.69) is 24.1 Å². The number of nitrogens with zero attached hydrogens (tertiary/aromatic N) is 2. The lowest BCUT2D eigenvalue weighted by Gasteiger charge is -2.35. The van der Waals surface area contributed by atoms with Gasteiger partial charge in [-0.05, 0) is 39.7 Å². The molecule has 1 N–H and O–H groups in total. The number of likely N-dealkylation sites (tertiary alicyclic amines) is 2. The summed E-state index contributed by atoms with van der Waals surface area (Å²) in [5.74, 6) is 0.448. The van der Waals surface area contributed by atoms with Gasteiger partial charge in [-0.15, -0.1) is 0 Å². The van der Waals surface area contributed by atoms with Gasteiger partial charge in [-0.1, -0.05) is 13.8 Å². The van der Waals surface area contributed by atoms with Gasteiger partial charge >= 0.3 is 0 Å². The van der Waals surface area contributed by atoms with E-state index in [1.807, 2.05) is 18.7 Å². The molecule has 1 unspecified atom stereocenters. The SMILES string of the molecule is CC(C)C(=O)N1CCC(NC2CCN(C(C)C)C2)CC1. The molecule has 2 aliphatic heterocycles. The molecule has 0 aromatic rings. The minimum Gasteiger partial charge on any atom is -0.342 e. The Morgan fingerprint density at radius 3 is 2.10 bits per heavy atom. The van der Waals surface area contributed by atoms with Crippen LogP contribution in [0.1, 0.15) is 47.0 Å². The van der Waals surface area contributed by atoms with Gasteiger partial charge in [0.2, 0.25) is 5.91 Å². The van der Waals surface area contributed by atoms with Gasteiger partial charge in [-0.2, -0.15) is 0 Å². The van der Waals surface area contributed by atoms with Crippen molar-refractivity contribution in [3.05, 3.63) is 0 Å². The summed E-state index contributed by atoms with van der Waals surface area (Å²) in [6.45, 7) is 12.8. The number of piperidine rings is 1. The Morgan fingerprint density at radius 2 is 1.60 bits per heavy atom. The van der Waals surface area contributed by atoms with E-state index >= 15 is 0 Å². The number of amides is 1. The van der Waals surface area contributed by atoms with E-state index in [1.54, 1.807) is 0 Å². The zero-order chi connectivity index (χ0) is 14.7. The molecule has 0 aromatic heterocycles. The van der Waals surface area contributed by atoms with Gasteiger partial charge in [0, 0.05) is 43.7 Å². The predicted octanol–water partition coefficient (Wildman–Crippen LogP) is 1.71. The molecule has 1 amide bonds. The molecule has 4 heteroatoms. The molecule has 0 radical (unpaired) electrons. The van der Waals surface area contributed by atoms with Crippen LogP contribution in [0.2, 0.25) is 0 Å². The van der Waals surface area contributed by atoms with Crippen LogP contribution in [0, 0.1) is 5.92 Å². The fraction of sp³-hybridized carbons (Fsp3) is 0.938. The largest absolute Gasteiger partial charge is 0.342 e. The van der Waals surface area contributed by atoms with E-state index in [0.29, 0.717) is 24.0 Å².